The van der Waals surface area contributed by atoms with Crippen LogP contribution < -0.4 is 10.1 Å². The van der Waals surface area contributed by atoms with Gasteiger partial charge in [0.2, 0.25) is 5.91 Å². The van der Waals surface area contributed by atoms with E-state index in [-0.39, 0.29) is 18.1 Å². The first-order valence-corrected chi connectivity index (χ1v) is 8.70. The quantitative estimate of drug-likeness (QED) is 0.559. The molecule has 3 aromatic carbocycles. The summed E-state index contributed by atoms with van der Waals surface area (Å²) in [6, 6.07) is 19.4. The minimum Gasteiger partial charge on any atom is -0.508 e. The van der Waals surface area contributed by atoms with Crippen molar-refractivity contribution in [2.75, 3.05) is 12.4 Å². The topological polar surface area (TPSA) is 89.3 Å². The number of hydrogen-bond acceptors (Lipinski definition) is 5. The summed E-state index contributed by atoms with van der Waals surface area (Å²) >= 11 is 0. The summed E-state index contributed by atoms with van der Waals surface area (Å²) in [6.45, 7) is 0. The molecular weight excluding hydrogens is 356 g/mol. The second-order valence-electron chi connectivity index (χ2n) is 6.28. The smallest absolute Gasteiger partial charge is 0.228 e. The molecule has 1 heterocycles. The molecule has 140 valence electrons. The maximum absolute atomic E-state index is 12.3. The van der Waals surface area contributed by atoms with Crippen LogP contribution in [0.4, 0.5) is 5.69 Å². The highest BCUT2D eigenvalue weighted by molar-refractivity contribution is 5.94. The molecule has 7 heteroatoms. The third-order valence-corrected chi connectivity index (χ3v) is 4.27. The first-order valence-electron chi connectivity index (χ1n) is 8.70. The van der Waals surface area contributed by atoms with E-state index >= 15 is 0 Å². The zero-order chi connectivity index (χ0) is 19.5. The van der Waals surface area contributed by atoms with Gasteiger partial charge in [0.05, 0.1) is 19.2 Å². The van der Waals surface area contributed by atoms with Gasteiger partial charge in [-0.2, -0.15) is 4.80 Å². The van der Waals surface area contributed by atoms with Crippen LogP contribution in [-0.4, -0.2) is 33.1 Å². The molecule has 2 N–H and O–H groups in total. The zero-order valence-electron chi connectivity index (χ0n) is 15.2. The van der Waals surface area contributed by atoms with Gasteiger partial charge in [-0.1, -0.05) is 12.1 Å². The average molecular weight is 374 g/mol. The minimum absolute atomic E-state index is 0.146. The van der Waals surface area contributed by atoms with Crippen molar-refractivity contribution in [3.63, 3.8) is 0 Å². The van der Waals surface area contributed by atoms with Gasteiger partial charge in [0.15, 0.2) is 0 Å². The average Bonchev–Trinajstić information content (AvgIpc) is 3.13. The largest absolute Gasteiger partial charge is 0.508 e. The van der Waals surface area contributed by atoms with Crippen molar-refractivity contribution in [1.29, 1.82) is 0 Å². The molecule has 0 saturated heterocycles. The van der Waals surface area contributed by atoms with E-state index in [1.54, 1.807) is 48.3 Å². The first kappa shape index (κ1) is 17.5. The van der Waals surface area contributed by atoms with Crippen LogP contribution in [-0.2, 0) is 11.2 Å². The molecule has 1 aromatic heterocycles. The number of fused-ring (bicyclic) bond motifs is 1. The van der Waals surface area contributed by atoms with E-state index in [9.17, 15) is 9.90 Å². The highest BCUT2D eigenvalue weighted by Gasteiger charge is 2.09. The number of nitrogens with one attached hydrogen (secondary N) is 1. The Bertz CT molecular complexity index is 1120. The number of hydrogen-bond donors (Lipinski definition) is 2. The van der Waals surface area contributed by atoms with Gasteiger partial charge in [-0.15, -0.1) is 10.2 Å². The number of carbonyl (C=O) groups excluding carboxylic acids is 1. The molecule has 0 atom stereocenters. The van der Waals surface area contributed by atoms with Crippen molar-refractivity contribution in [2.45, 2.75) is 6.42 Å². The van der Waals surface area contributed by atoms with E-state index in [0.29, 0.717) is 11.2 Å². The summed E-state index contributed by atoms with van der Waals surface area (Å²) in [7, 11) is 1.62. The van der Waals surface area contributed by atoms with E-state index in [4.69, 9.17) is 4.74 Å². The van der Waals surface area contributed by atoms with Crippen LogP contribution in [0, 0.1) is 0 Å². The molecule has 0 unspecified atom stereocenters. The number of ether oxygens (including phenoxy) is 1. The number of amides is 1. The molecule has 0 saturated carbocycles. The summed E-state index contributed by atoms with van der Waals surface area (Å²) in [5.74, 6) is 0.793. The van der Waals surface area contributed by atoms with E-state index in [0.717, 1.165) is 22.5 Å². The molecule has 4 aromatic rings. The molecule has 1 amide bonds. The normalized spacial score (nSPS) is 10.8. The van der Waals surface area contributed by atoms with Gasteiger partial charge in [0.1, 0.15) is 22.5 Å². The van der Waals surface area contributed by atoms with E-state index in [2.05, 4.69) is 15.5 Å². The lowest BCUT2D eigenvalue weighted by atomic mass is 10.1. The fraction of sp³-hybridized carbons (Fsp3) is 0.0952. The second kappa shape index (κ2) is 7.40. The predicted octanol–water partition coefficient (Wildman–Crippen LogP) is 3.32. The number of anilines is 1. The Morgan fingerprint density at radius 1 is 1.00 bits per heavy atom. The van der Waals surface area contributed by atoms with Gasteiger partial charge in [0, 0.05) is 5.69 Å². The van der Waals surface area contributed by atoms with Gasteiger partial charge in [-0.05, 0) is 60.2 Å². The first-order chi connectivity index (χ1) is 13.6. The fourth-order valence-corrected chi connectivity index (χ4v) is 2.83. The number of nitrogens with zero attached hydrogens (tertiary/aromatic N) is 3. The summed E-state index contributed by atoms with van der Waals surface area (Å²) in [5, 5.41) is 21.1. The zero-order valence-corrected chi connectivity index (χ0v) is 15.2. The number of phenols is 1. The standard InChI is InChI=1S/C21H18N4O3/c1-28-18-9-5-16(6-10-18)25-23-19-11-4-15(13-20(19)24-25)22-21(27)12-14-2-7-17(26)8-3-14/h2-11,13,26H,12H2,1H3,(H,22,27). The Hall–Kier alpha value is -3.87. The molecule has 0 aliphatic rings. The number of aromatic nitrogens is 3. The van der Waals surface area contributed by atoms with E-state index in [1.165, 1.54) is 0 Å². The number of benzene rings is 3. The Balaban J connectivity index is 1.50. The lowest BCUT2D eigenvalue weighted by Gasteiger charge is -2.05. The van der Waals surface area contributed by atoms with Crippen molar-refractivity contribution >= 4 is 22.6 Å². The molecule has 7 nitrogen and oxygen atoms in total. The molecule has 4 rings (SSSR count). The molecule has 0 aliphatic carbocycles. The molecule has 28 heavy (non-hydrogen) atoms. The van der Waals surface area contributed by atoms with Gasteiger partial charge < -0.3 is 15.2 Å². The maximum atomic E-state index is 12.3. The van der Waals surface area contributed by atoms with Crippen molar-refractivity contribution in [3.05, 3.63) is 72.3 Å². The van der Waals surface area contributed by atoms with Gasteiger partial charge in [-0.25, -0.2) is 0 Å². The fourth-order valence-electron chi connectivity index (χ4n) is 2.83. The van der Waals surface area contributed by atoms with Crippen molar-refractivity contribution < 1.29 is 14.6 Å². The lowest BCUT2D eigenvalue weighted by Crippen LogP contribution is -2.14. The third-order valence-electron chi connectivity index (χ3n) is 4.27. The van der Waals surface area contributed by atoms with Crippen molar-refractivity contribution in [3.8, 4) is 17.2 Å². The Kier molecular flexibility index (Phi) is 4.63. The van der Waals surface area contributed by atoms with Crippen LogP contribution in [0.1, 0.15) is 5.56 Å². The molecule has 0 bridgehead atoms. The van der Waals surface area contributed by atoms with E-state index < -0.39 is 0 Å². The number of carbonyl (C=O) groups is 1. The summed E-state index contributed by atoms with van der Waals surface area (Å²) in [4.78, 5) is 13.8. The van der Waals surface area contributed by atoms with Crippen molar-refractivity contribution in [1.82, 2.24) is 15.0 Å². The second-order valence-corrected chi connectivity index (χ2v) is 6.28. The van der Waals surface area contributed by atoms with Gasteiger partial charge in [0.25, 0.3) is 0 Å². The number of aromatic hydroxyl groups is 1. The molecule has 0 spiro atoms. The summed E-state index contributed by atoms with van der Waals surface area (Å²) < 4.78 is 5.16. The Labute approximate surface area is 161 Å². The molecule has 0 fully saturated rings. The molecule has 0 radical (unpaired) electrons. The number of phenolic OH excluding ortho intramolecular Hbond substituents is 1. The van der Waals surface area contributed by atoms with Crippen LogP contribution in [0.15, 0.2) is 66.7 Å². The van der Waals surface area contributed by atoms with Gasteiger partial charge in [-0.3, -0.25) is 4.79 Å². The highest BCUT2D eigenvalue weighted by Crippen LogP contribution is 2.19. The Morgan fingerprint density at radius 2 is 1.71 bits per heavy atom. The van der Waals surface area contributed by atoms with Crippen LogP contribution in [0.2, 0.25) is 0 Å². The minimum atomic E-state index is -0.146. The van der Waals surface area contributed by atoms with Crippen LogP contribution in [0.5, 0.6) is 11.5 Å². The highest BCUT2D eigenvalue weighted by atomic mass is 16.5. The van der Waals surface area contributed by atoms with Crippen LogP contribution in [0.25, 0.3) is 16.7 Å². The van der Waals surface area contributed by atoms with Crippen LogP contribution >= 0.6 is 0 Å². The number of methoxy groups -OCH3 is 1. The third kappa shape index (κ3) is 3.78. The monoisotopic (exact) mass is 374 g/mol. The van der Waals surface area contributed by atoms with Gasteiger partial charge >= 0.3 is 0 Å². The summed E-state index contributed by atoms with van der Waals surface area (Å²) in [6.07, 6.45) is 0.219. The summed E-state index contributed by atoms with van der Waals surface area (Å²) in [5.41, 5.74) is 3.69. The predicted molar refractivity (Wildman–Crippen MR) is 106 cm³/mol. The molecule has 0 aliphatic heterocycles. The van der Waals surface area contributed by atoms with Crippen LogP contribution in [0.3, 0.4) is 0 Å². The lowest BCUT2D eigenvalue weighted by molar-refractivity contribution is -0.115. The van der Waals surface area contributed by atoms with E-state index in [1.807, 2.05) is 30.3 Å². The number of rotatable bonds is 5. The Morgan fingerprint density at radius 3 is 2.43 bits per heavy atom. The van der Waals surface area contributed by atoms with Crippen molar-refractivity contribution in [2.24, 2.45) is 0 Å². The maximum Gasteiger partial charge on any atom is 0.228 e. The SMILES string of the molecule is COc1ccc(-n2nc3ccc(NC(=O)Cc4ccc(O)cc4)cc3n2)cc1. The molecular formula is C21H18N4O3.